The van der Waals surface area contributed by atoms with Crippen LogP contribution < -0.4 is 10.6 Å². The molecule has 0 aliphatic carbocycles. The minimum atomic E-state index is 0.601. The van der Waals surface area contributed by atoms with Gasteiger partial charge in [0.05, 0.1) is 0 Å². The summed E-state index contributed by atoms with van der Waals surface area (Å²) >= 11 is 1.86. The number of thioether (sulfide) groups is 1. The van der Waals surface area contributed by atoms with Gasteiger partial charge in [-0.1, -0.05) is 13.8 Å². The first-order valence-electron chi connectivity index (χ1n) is 8.65. The summed E-state index contributed by atoms with van der Waals surface area (Å²) in [7, 11) is 0. The summed E-state index contributed by atoms with van der Waals surface area (Å²) < 4.78 is 0. The average molecular weight is 330 g/mol. The Balaban J connectivity index is 2.29. The van der Waals surface area contributed by atoms with Gasteiger partial charge in [0.25, 0.3) is 0 Å². The Morgan fingerprint density at radius 2 is 1.82 bits per heavy atom. The van der Waals surface area contributed by atoms with Gasteiger partial charge in [0.2, 0.25) is 0 Å². The third-order valence-electron chi connectivity index (χ3n) is 3.99. The molecule has 2 N–H and O–H groups in total. The number of hydrogen-bond acceptors (Lipinski definition) is 4. The number of rotatable bonds is 9. The highest BCUT2D eigenvalue weighted by molar-refractivity contribution is 7.98. The van der Waals surface area contributed by atoms with Crippen molar-refractivity contribution in [1.29, 1.82) is 0 Å². The molecule has 1 atom stereocenters. The summed E-state index contributed by atoms with van der Waals surface area (Å²) in [5, 5.41) is 6.72. The van der Waals surface area contributed by atoms with Gasteiger partial charge in [-0.2, -0.15) is 11.8 Å². The van der Waals surface area contributed by atoms with Crippen molar-refractivity contribution in [2.24, 2.45) is 10.9 Å². The van der Waals surface area contributed by atoms with E-state index in [1.54, 1.807) is 0 Å². The lowest BCUT2D eigenvalue weighted by Gasteiger charge is -2.35. The molecule has 130 valence electrons. The van der Waals surface area contributed by atoms with Crippen molar-refractivity contribution in [2.75, 3.05) is 70.9 Å². The van der Waals surface area contributed by atoms with Crippen molar-refractivity contribution in [3.63, 3.8) is 0 Å². The first-order chi connectivity index (χ1) is 10.7. The number of guanidine groups is 1. The lowest BCUT2D eigenvalue weighted by atomic mass is 10.1. The zero-order valence-corrected chi connectivity index (χ0v) is 15.7. The van der Waals surface area contributed by atoms with Gasteiger partial charge in [-0.15, -0.1) is 0 Å². The predicted molar refractivity (Wildman–Crippen MR) is 100 cm³/mol. The van der Waals surface area contributed by atoms with Gasteiger partial charge < -0.3 is 20.4 Å². The van der Waals surface area contributed by atoms with E-state index >= 15 is 0 Å². The third kappa shape index (κ3) is 8.25. The Morgan fingerprint density at radius 1 is 1.14 bits per heavy atom. The molecule has 0 saturated carbocycles. The molecule has 1 unspecified atom stereocenters. The van der Waals surface area contributed by atoms with E-state index in [9.17, 15) is 0 Å². The number of nitrogens with one attached hydrogen (secondary N) is 2. The molecule has 0 radical (unpaired) electrons. The van der Waals surface area contributed by atoms with E-state index in [1.165, 1.54) is 32.7 Å². The minimum absolute atomic E-state index is 0.601. The van der Waals surface area contributed by atoms with Crippen LogP contribution in [-0.4, -0.2) is 86.7 Å². The molecule has 22 heavy (non-hydrogen) atoms. The molecule has 0 bridgehead atoms. The molecule has 1 saturated heterocycles. The van der Waals surface area contributed by atoms with E-state index in [4.69, 9.17) is 4.99 Å². The van der Waals surface area contributed by atoms with Gasteiger partial charge in [0.1, 0.15) is 0 Å². The molecule has 0 aromatic carbocycles. The molecule has 0 amide bonds. The lowest BCUT2D eigenvalue weighted by Crippen LogP contribution is -2.47. The van der Waals surface area contributed by atoms with Crippen molar-refractivity contribution in [1.82, 2.24) is 20.4 Å². The Labute approximate surface area is 141 Å². The van der Waals surface area contributed by atoms with Crippen molar-refractivity contribution in [2.45, 2.75) is 20.8 Å². The number of piperazine rings is 1. The maximum absolute atomic E-state index is 4.73. The third-order valence-corrected chi connectivity index (χ3v) is 4.60. The van der Waals surface area contributed by atoms with Gasteiger partial charge in [-0.05, 0) is 25.6 Å². The molecular formula is C16H35N5S. The summed E-state index contributed by atoms with van der Waals surface area (Å²) in [5.74, 6) is 2.67. The van der Waals surface area contributed by atoms with Crippen LogP contribution in [0.2, 0.25) is 0 Å². The van der Waals surface area contributed by atoms with Crippen LogP contribution in [0.4, 0.5) is 0 Å². The standard InChI is InChI=1S/C16H35N5S/c1-5-17-16(18-7-12-22-4)19-13-15(3)14-21-10-8-20(6-2)9-11-21/h15H,5-14H2,1-4H3,(H2,17,18,19). The maximum atomic E-state index is 4.73. The van der Waals surface area contributed by atoms with E-state index in [1.807, 2.05) is 11.8 Å². The second-order valence-electron chi connectivity index (χ2n) is 5.98. The van der Waals surface area contributed by atoms with E-state index in [-0.39, 0.29) is 0 Å². The molecule has 1 heterocycles. The van der Waals surface area contributed by atoms with Gasteiger partial charge >= 0.3 is 0 Å². The van der Waals surface area contributed by atoms with Crippen molar-refractivity contribution in [3.8, 4) is 0 Å². The zero-order valence-electron chi connectivity index (χ0n) is 14.9. The highest BCUT2D eigenvalue weighted by atomic mass is 32.2. The average Bonchev–Trinajstić information content (AvgIpc) is 2.53. The van der Waals surface area contributed by atoms with Gasteiger partial charge in [-0.25, -0.2) is 0 Å². The van der Waals surface area contributed by atoms with Crippen LogP contribution in [0.1, 0.15) is 20.8 Å². The molecule has 0 spiro atoms. The van der Waals surface area contributed by atoms with Crippen LogP contribution >= 0.6 is 11.8 Å². The predicted octanol–water partition coefficient (Wildman–Crippen LogP) is 1.18. The molecule has 1 aliphatic heterocycles. The molecule has 1 rings (SSSR count). The van der Waals surface area contributed by atoms with Crippen LogP contribution in [-0.2, 0) is 0 Å². The number of hydrogen-bond donors (Lipinski definition) is 2. The summed E-state index contributed by atoms with van der Waals surface area (Å²) in [4.78, 5) is 9.84. The molecular weight excluding hydrogens is 294 g/mol. The first kappa shape index (κ1) is 19.6. The summed E-state index contributed by atoms with van der Waals surface area (Å²) in [6.45, 7) is 16.6. The van der Waals surface area contributed by atoms with Crippen molar-refractivity contribution >= 4 is 17.7 Å². The lowest BCUT2D eigenvalue weighted by molar-refractivity contribution is 0.125. The number of nitrogens with zero attached hydrogens (tertiary/aromatic N) is 3. The number of likely N-dealkylation sites (N-methyl/N-ethyl adjacent to an activating group) is 1. The fourth-order valence-corrected chi connectivity index (χ4v) is 2.95. The SMILES string of the molecule is CCNC(=NCC(C)CN1CCN(CC)CC1)NCCSC. The van der Waals surface area contributed by atoms with Crippen molar-refractivity contribution < 1.29 is 0 Å². The fourth-order valence-electron chi connectivity index (χ4n) is 2.65. The molecule has 1 aliphatic rings. The Kier molecular flexibility index (Phi) is 10.7. The Hall–Kier alpha value is -0.460. The molecule has 0 aromatic heterocycles. The topological polar surface area (TPSA) is 42.9 Å². The van der Waals surface area contributed by atoms with E-state index in [0.29, 0.717) is 5.92 Å². The quantitative estimate of drug-likeness (QED) is 0.378. The van der Waals surface area contributed by atoms with Crippen LogP contribution in [0.15, 0.2) is 4.99 Å². The first-order valence-corrected chi connectivity index (χ1v) is 10.0. The van der Waals surface area contributed by atoms with Gasteiger partial charge in [-0.3, -0.25) is 4.99 Å². The largest absolute Gasteiger partial charge is 0.357 e. The monoisotopic (exact) mass is 329 g/mol. The minimum Gasteiger partial charge on any atom is -0.357 e. The van der Waals surface area contributed by atoms with E-state index < -0.39 is 0 Å². The van der Waals surface area contributed by atoms with Crippen LogP contribution in [0.5, 0.6) is 0 Å². The van der Waals surface area contributed by atoms with Gasteiger partial charge in [0.15, 0.2) is 5.96 Å². The summed E-state index contributed by atoms with van der Waals surface area (Å²) in [6, 6.07) is 0. The van der Waals surface area contributed by atoms with Crippen LogP contribution in [0.25, 0.3) is 0 Å². The van der Waals surface area contributed by atoms with Crippen molar-refractivity contribution in [3.05, 3.63) is 0 Å². The molecule has 1 fully saturated rings. The smallest absolute Gasteiger partial charge is 0.191 e. The van der Waals surface area contributed by atoms with Crippen LogP contribution in [0.3, 0.4) is 0 Å². The second kappa shape index (κ2) is 12.0. The highest BCUT2D eigenvalue weighted by Crippen LogP contribution is 2.06. The van der Waals surface area contributed by atoms with Crippen LogP contribution in [0, 0.1) is 5.92 Å². The molecule has 5 nitrogen and oxygen atoms in total. The van der Waals surface area contributed by atoms with E-state index in [0.717, 1.165) is 37.9 Å². The Bertz CT molecular complexity index is 303. The second-order valence-corrected chi connectivity index (χ2v) is 6.96. The Morgan fingerprint density at radius 3 is 2.41 bits per heavy atom. The molecule has 0 aromatic rings. The highest BCUT2D eigenvalue weighted by Gasteiger charge is 2.17. The number of aliphatic imine (C=N–C) groups is 1. The van der Waals surface area contributed by atoms with Gasteiger partial charge in [0, 0.05) is 58.1 Å². The zero-order chi connectivity index (χ0) is 16.2. The maximum Gasteiger partial charge on any atom is 0.191 e. The fraction of sp³-hybridized carbons (Fsp3) is 0.938. The summed E-state index contributed by atoms with van der Waals surface area (Å²) in [5.41, 5.74) is 0. The molecule has 6 heteroatoms. The van der Waals surface area contributed by atoms with E-state index in [2.05, 4.69) is 47.5 Å². The normalized spacial score (nSPS) is 19.2. The summed E-state index contributed by atoms with van der Waals surface area (Å²) in [6.07, 6.45) is 2.13.